The second-order valence-corrected chi connectivity index (χ2v) is 5.07. The van der Waals surface area contributed by atoms with Gasteiger partial charge in [0.05, 0.1) is 0 Å². The van der Waals surface area contributed by atoms with E-state index in [-0.39, 0.29) is 12.4 Å². The summed E-state index contributed by atoms with van der Waals surface area (Å²) in [5, 5.41) is 0. The van der Waals surface area contributed by atoms with Gasteiger partial charge in [0.25, 0.3) is 0 Å². The summed E-state index contributed by atoms with van der Waals surface area (Å²) in [5.41, 5.74) is 10.3. The molecule has 0 heterocycles. The van der Waals surface area contributed by atoms with Crippen molar-refractivity contribution in [3.63, 3.8) is 0 Å². The fraction of sp³-hybridized carbons (Fsp3) is 0.294. The fourth-order valence-electron chi connectivity index (χ4n) is 2.16. The molecule has 0 saturated carbocycles. The van der Waals surface area contributed by atoms with E-state index in [9.17, 15) is 4.39 Å². The van der Waals surface area contributed by atoms with E-state index in [0.29, 0.717) is 12.1 Å². The number of aryl methyl sites for hydroxylation is 2. The first-order valence-corrected chi connectivity index (χ1v) is 6.70. The summed E-state index contributed by atoms with van der Waals surface area (Å²) >= 11 is 0. The van der Waals surface area contributed by atoms with Crippen molar-refractivity contribution in [2.45, 2.75) is 33.9 Å². The summed E-state index contributed by atoms with van der Waals surface area (Å²) in [4.78, 5) is 0. The molecule has 20 heavy (non-hydrogen) atoms. The first-order chi connectivity index (χ1) is 9.52. The molecule has 0 amide bonds. The third kappa shape index (κ3) is 2.99. The SMILES string of the molecule is Cc1ccc(C)c(OCc2cc(CN)ccc2F)c1C. The third-order valence-corrected chi connectivity index (χ3v) is 3.59. The minimum atomic E-state index is -0.259. The monoisotopic (exact) mass is 273 g/mol. The van der Waals surface area contributed by atoms with E-state index < -0.39 is 0 Å². The van der Waals surface area contributed by atoms with E-state index in [2.05, 4.69) is 6.07 Å². The van der Waals surface area contributed by atoms with Crippen LogP contribution in [0.25, 0.3) is 0 Å². The highest BCUT2D eigenvalue weighted by atomic mass is 19.1. The van der Waals surface area contributed by atoms with Crippen molar-refractivity contribution in [3.05, 3.63) is 64.0 Å². The van der Waals surface area contributed by atoms with E-state index in [1.165, 1.54) is 11.6 Å². The Labute approximate surface area is 119 Å². The molecular weight excluding hydrogens is 253 g/mol. The maximum absolute atomic E-state index is 13.8. The number of ether oxygens (including phenoxy) is 1. The highest BCUT2D eigenvalue weighted by molar-refractivity contribution is 5.44. The smallest absolute Gasteiger partial charge is 0.129 e. The summed E-state index contributed by atoms with van der Waals surface area (Å²) < 4.78 is 19.6. The molecule has 0 radical (unpaired) electrons. The molecule has 2 aromatic carbocycles. The van der Waals surface area contributed by atoms with E-state index in [4.69, 9.17) is 10.5 Å². The lowest BCUT2D eigenvalue weighted by atomic mass is 10.1. The molecule has 2 nitrogen and oxygen atoms in total. The molecule has 0 aliphatic heterocycles. The van der Waals surface area contributed by atoms with Crippen LogP contribution in [0.5, 0.6) is 5.75 Å². The van der Waals surface area contributed by atoms with Crippen molar-refractivity contribution in [1.29, 1.82) is 0 Å². The number of benzene rings is 2. The Hall–Kier alpha value is -1.87. The Morgan fingerprint density at radius 3 is 2.45 bits per heavy atom. The molecule has 2 N–H and O–H groups in total. The Morgan fingerprint density at radius 2 is 1.75 bits per heavy atom. The molecule has 0 atom stereocenters. The lowest BCUT2D eigenvalue weighted by Gasteiger charge is -2.14. The molecule has 2 aromatic rings. The van der Waals surface area contributed by atoms with E-state index in [1.54, 1.807) is 12.1 Å². The van der Waals surface area contributed by atoms with Gasteiger partial charge < -0.3 is 10.5 Å². The molecule has 106 valence electrons. The quantitative estimate of drug-likeness (QED) is 0.920. The van der Waals surface area contributed by atoms with E-state index in [0.717, 1.165) is 22.4 Å². The number of hydrogen-bond acceptors (Lipinski definition) is 2. The number of halogens is 1. The molecule has 0 bridgehead atoms. The summed E-state index contributed by atoms with van der Waals surface area (Å²) in [5.74, 6) is 0.577. The third-order valence-electron chi connectivity index (χ3n) is 3.59. The molecule has 0 unspecified atom stereocenters. The van der Waals surface area contributed by atoms with Crippen LogP contribution in [0.2, 0.25) is 0 Å². The molecule has 0 aromatic heterocycles. The Bertz CT molecular complexity index is 623. The topological polar surface area (TPSA) is 35.2 Å². The Morgan fingerprint density at radius 1 is 1.05 bits per heavy atom. The molecule has 2 rings (SSSR count). The van der Waals surface area contributed by atoms with Gasteiger partial charge in [0.15, 0.2) is 0 Å². The van der Waals surface area contributed by atoms with Gasteiger partial charge in [-0.05, 0) is 55.2 Å². The van der Waals surface area contributed by atoms with Crippen LogP contribution in [0.3, 0.4) is 0 Å². The van der Waals surface area contributed by atoms with Gasteiger partial charge in [0, 0.05) is 12.1 Å². The summed E-state index contributed by atoms with van der Waals surface area (Å²) in [6, 6.07) is 8.98. The van der Waals surface area contributed by atoms with Crippen LogP contribution in [0.4, 0.5) is 4.39 Å². The van der Waals surface area contributed by atoms with Gasteiger partial charge in [-0.3, -0.25) is 0 Å². The minimum absolute atomic E-state index is 0.213. The van der Waals surface area contributed by atoms with Gasteiger partial charge in [0.1, 0.15) is 18.2 Å². The molecule has 0 spiro atoms. The van der Waals surface area contributed by atoms with Crippen molar-refractivity contribution in [1.82, 2.24) is 0 Å². The van der Waals surface area contributed by atoms with Crippen LogP contribution < -0.4 is 10.5 Å². The van der Waals surface area contributed by atoms with E-state index >= 15 is 0 Å². The molecule has 0 fully saturated rings. The van der Waals surface area contributed by atoms with Crippen molar-refractivity contribution in [2.24, 2.45) is 5.73 Å². The normalized spacial score (nSPS) is 10.7. The lowest BCUT2D eigenvalue weighted by Crippen LogP contribution is -2.04. The average Bonchev–Trinajstić information content (AvgIpc) is 2.45. The molecule has 3 heteroatoms. The average molecular weight is 273 g/mol. The molecule has 0 aliphatic rings. The van der Waals surface area contributed by atoms with Gasteiger partial charge in [-0.1, -0.05) is 18.2 Å². The summed E-state index contributed by atoms with van der Waals surface area (Å²) in [6.45, 7) is 6.66. The zero-order valence-corrected chi connectivity index (χ0v) is 12.2. The van der Waals surface area contributed by atoms with Crippen LogP contribution >= 0.6 is 0 Å². The fourth-order valence-corrected chi connectivity index (χ4v) is 2.16. The Kier molecular flexibility index (Phi) is 4.40. The van der Waals surface area contributed by atoms with Crippen LogP contribution in [0.15, 0.2) is 30.3 Å². The zero-order valence-electron chi connectivity index (χ0n) is 12.2. The predicted octanol–water partition coefficient (Wildman–Crippen LogP) is 3.79. The van der Waals surface area contributed by atoms with Crippen LogP contribution in [-0.2, 0) is 13.2 Å². The molecule has 0 aliphatic carbocycles. The van der Waals surface area contributed by atoms with Crippen LogP contribution in [0.1, 0.15) is 27.8 Å². The van der Waals surface area contributed by atoms with Gasteiger partial charge in [-0.2, -0.15) is 0 Å². The van der Waals surface area contributed by atoms with Gasteiger partial charge in [0.2, 0.25) is 0 Å². The predicted molar refractivity (Wildman–Crippen MR) is 79.3 cm³/mol. The molecule has 0 saturated heterocycles. The standard InChI is InChI=1S/C17H20FNO/c1-11-4-5-12(2)17(13(11)3)20-10-15-8-14(9-19)6-7-16(15)18/h4-8H,9-10,19H2,1-3H3. The largest absolute Gasteiger partial charge is 0.488 e. The second kappa shape index (κ2) is 6.06. The first kappa shape index (κ1) is 14.5. The number of nitrogens with two attached hydrogens (primary N) is 1. The minimum Gasteiger partial charge on any atom is -0.488 e. The summed E-state index contributed by atoms with van der Waals surface area (Å²) in [6.07, 6.45) is 0. The van der Waals surface area contributed by atoms with Crippen molar-refractivity contribution in [3.8, 4) is 5.75 Å². The van der Waals surface area contributed by atoms with Crippen molar-refractivity contribution < 1.29 is 9.13 Å². The summed E-state index contributed by atoms with van der Waals surface area (Å²) in [7, 11) is 0. The highest BCUT2D eigenvalue weighted by Crippen LogP contribution is 2.27. The zero-order chi connectivity index (χ0) is 14.7. The van der Waals surface area contributed by atoms with Gasteiger partial charge >= 0.3 is 0 Å². The van der Waals surface area contributed by atoms with Gasteiger partial charge in [-0.15, -0.1) is 0 Å². The lowest BCUT2D eigenvalue weighted by molar-refractivity contribution is 0.295. The second-order valence-electron chi connectivity index (χ2n) is 5.07. The molecular formula is C17H20FNO. The maximum atomic E-state index is 13.8. The van der Waals surface area contributed by atoms with Crippen molar-refractivity contribution >= 4 is 0 Å². The van der Waals surface area contributed by atoms with Crippen LogP contribution in [-0.4, -0.2) is 0 Å². The van der Waals surface area contributed by atoms with Crippen molar-refractivity contribution in [2.75, 3.05) is 0 Å². The van der Waals surface area contributed by atoms with Crippen LogP contribution in [0, 0.1) is 26.6 Å². The Balaban J connectivity index is 2.23. The van der Waals surface area contributed by atoms with E-state index in [1.807, 2.05) is 26.8 Å². The number of hydrogen-bond donors (Lipinski definition) is 1. The maximum Gasteiger partial charge on any atom is 0.129 e. The highest BCUT2D eigenvalue weighted by Gasteiger charge is 2.09. The first-order valence-electron chi connectivity index (χ1n) is 6.70. The van der Waals surface area contributed by atoms with Gasteiger partial charge in [-0.25, -0.2) is 4.39 Å². The number of rotatable bonds is 4.